The maximum atomic E-state index is 12.3. The first-order chi connectivity index (χ1) is 10.1. The summed E-state index contributed by atoms with van der Waals surface area (Å²) in [7, 11) is 1.51. The molecule has 1 heterocycles. The summed E-state index contributed by atoms with van der Waals surface area (Å²) in [6.07, 6.45) is 7.54. The topological polar surface area (TPSA) is 82.0 Å². The second kappa shape index (κ2) is 6.83. The number of unbranched alkanes of at least 4 members (excludes halogenated alkanes) is 1. The fraction of sp³-hybridized carbons (Fsp3) is 0.733. The fourth-order valence-corrected chi connectivity index (χ4v) is 2.90. The summed E-state index contributed by atoms with van der Waals surface area (Å²) in [6, 6.07) is 0.283. The minimum Gasteiger partial charge on any atom is -0.383 e. The zero-order chi connectivity index (χ0) is 15.4. The molecule has 0 atom stereocenters. The Morgan fingerprint density at radius 1 is 1.24 bits per heavy atom. The van der Waals surface area contributed by atoms with Gasteiger partial charge in [-0.25, -0.2) is 4.79 Å². The van der Waals surface area contributed by atoms with Crippen LogP contribution in [0.3, 0.4) is 0 Å². The molecule has 0 saturated heterocycles. The number of nitrogens with one attached hydrogen (secondary N) is 1. The smallest absolute Gasteiger partial charge is 0.332 e. The van der Waals surface area contributed by atoms with Gasteiger partial charge in [-0.3, -0.25) is 13.9 Å². The molecule has 0 amide bonds. The summed E-state index contributed by atoms with van der Waals surface area (Å²) in [4.78, 5) is 24.5. The van der Waals surface area contributed by atoms with Gasteiger partial charge >= 0.3 is 5.69 Å². The highest BCUT2D eigenvalue weighted by Crippen LogP contribution is 2.22. The molecule has 0 aliphatic heterocycles. The Morgan fingerprint density at radius 3 is 2.52 bits per heavy atom. The van der Waals surface area contributed by atoms with E-state index in [0.717, 1.165) is 30.3 Å². The molecular formula is C15H26N4O2. The van der Waals surface area contributed by atoms with Crippen molar-refractivity contribution in [3.63, 3.8) is 0 Å². The summed E-state index contributed by atoms with van der Waals surface area (Å²) in [5.74, 6) is 0.280. The van der Waals surface area contributed by atoms with Crippen molar-refractivity contribution < 1.29 is 0 Å². The molecule has 21 heavy (non-hydrogen) atoms. The lowest BCUT2D eigenvalue weighted by Gasteiger charge is -2.25. The predicted molar refractivity (Wildman–Crippen MR) is 85.8 cm³/mol. The molecule has 1 aromatic heterocycles. The lowest BCUT2D eigenvalue weighted by molar-refractivity contribution is 0.461. The van der Waals surface area contributed by atoms with Gasteiger partial charge in [0.2, 0.25) is 0 Å². The molecule has 3 N–H and O–H groups in total. The third-order valence-corrected chi connectivity index (χ3v) is 4.27. The minimum absolute atomic E-state index is 0.280. The second-order valence-electron chi connectivity index (χ2n) is 5.89. The van der Waals surface area contributed by atoms with E-state index in [4.69, 9.17) is 5.73 Å². The Balaban J connectivity index is 2.37. The van der Waals surface area contributed by atoms with E-state index in [2.05, 4.69) is 12.2 Å². The zero-order valence-electron chi connectivity index (χ0n) is 13.0. The highest BCUT2D eigenvalue weighted by molar-refractivity contribution is 5.61. The van der Waals surface area contributed by atoms with Gasteiger partial charge < -0.3 is 11.1 Å². The zero-order valence-corrected chi connectivity index (χ0v) is 13.0. The summed E-state index contributed by atoms with van der Waals surface area (Å²) < 4.78 is 2.66. The van der Waals surface area contributed by atoms with Gasteiger partial charge in [0.25, 0.3) is 5.56 Å². The van der Waals surface area contributed by atoms with E-state index in [-0.39, 0.29) is 23.1 Å². The van der Waals surface area contributed by atoms with E-state index in [1.807, 2.05) is 0 Å². The van der Waals surface area contributed by atoms with Gasteiger partial charge in [-0.05, 0) is 19.3 Å². The van der Waals surface area contributed by atoms with E-state index in [0.29, 0.717) is 12.2 Å². The Bertz CT molecular complexity index is 597. The number of hydrogen-bond acceptors (Lipinski definition) is 4. The molecule has 0 unspecified atom stereocenters. The molecule has 1 aromatic rings. The molecule has 6 nitrogen and oxygen atoms in total. The van der Waals surface area contributed by atoms with Gasteiger partial charge in [0.15, 0.2) is 0 Å². The van der Waals surface area contributed by atoms with Crippen molar-refractivity contribution in [1.29, 1.82) is 0 Å². The summed E-state index contributed by atoms with van der Waals surface area (Å²) >= 11 is 0. The van der Waals surface area contributed by atoms with E-state index < -0.39 is 0 Å². The molecule has 0 bridgehead atoms. The van der Waals surface area contributed by atoms with Gasteiger partial charge in [0.05, 0.1) is 0 Å². The van der Waals surface area contributed by atoms with Crippen molar-refractivity contribution in [3.8, 4) is 0 Å². The van der Waals surface area contributed by atoms with Crippen molar-refractivity contribution in [1.82, 2.24) is 9.13 Å². The van der Waals surface area contributed by atoms with E-state index >= 15 is 0 Å². The summed E-state index contributed by atoms with van der Waals surface area (Å²) in [5, 5.41) is 3.28. The van der Waals surface area contributed by atoms with Crippen LogP contribution in [0.4, 0.5) is 11.5 Å². The van der Waals surface area contributed by atoms with Gasteiger partial charge in [-0.2, -0.15) is 0 Å². The van der Waals surface area contributed by atoms with Crippen LogP contribution in [-0.4, -0.2) is 15.2 Å². The summed E-state index contributed by atoms with van der Waals surface area (Å²) in [5.41, 5.74) is 5.83. The van der Waals surface area contributed by atoms with Crippen molar-refractivity contribution in [3.05, 3.63) is 20.8 Å². The van der Waals surface area contributed by atoms with Crippen molar-refractivity contribution in [2.24, 2.45) is 7.05 Å². The SMILES string of the molecule is CCCCn1c(N)c(NC2CCCCC2)c(=O)n(C)c1=O. The first kappa shape index (κ1) is 15.7. The van der Waals surface area contributed by atoms with Gasteiger partial charge in [-0.1, -0.05) is 32.6 Å². The van der Waals surface area contributed by atoms with Crippen LogP contribution in [0.2, 0.25) is 0 Å². The third-order valence-electron chi connectivity index (χ3n) is 4.27. The first-order valence-electron chi connectivity index (χ1n) is 7.92. The lowest BCUT2D eigenvalue weighted by atomic mass is 9.95. The number of nitrogen functional groups attached to an aromatic ring is 1. The molecule has 118 valence electrons. The van der Waals surface area contributed by atoms with Gasteiger partial charge in [-0.15, -0.1) is 0 Å². The standard InChI is InChI=1S/C15H26N4O2/c1-3-4-10-19-13(16)12(14(20)18(2)15(19)21)17-11-8-6-5-7-9-11/h11,17H,3-10,16H2,1-2H3. The number of hydrogen-bond donors (Lipinski definition) is 2. The van der Waals surface area contributed by atoms with Crippen LogP contribution < -0.4 is 22.3 Å². The normalized spacial score (nSPS) is 16.1. The first-order valence-corrected chi connectivity index (χ1v) is 7.92. The number of anilines is 2. The molecule has 6 heteroatoms. The average Bonchev–Trinajstić information content (AvgIpc) is 2.51. The molecule has 0 aromatic carbocycles. The van der Waals surface area contributed by atoms with E-state index in [1.165, 1.54) is 30.9 Å². The highest BCUT2D eigenvalue weighted by Gasteiger charge is 2.19. The Hall–Kier alpha value is -1.72. The third kappa shape index (κ3) is 3.31. The Kier molecular flexibility index (Phi) is 5.09. The molecule has 0 spiro atoms. The molecule has 2 rings (SSSR count). The van der Waals surface area contributed by atoms with Gasteiger partial charge in [0, 0.05) is 19.6 Å². The molecule has 1 saturated carbocycles. The Labute approximate surface area is 125 Å². The number of rotatable bonds is 5. The molecule has 1 aliphatic carbocycles. The largest absolute Gasteiger partial charge is 0.383 e. The maximum Gasteiger partial charge on any atom is 0.332 e. The van der Waals surface area contributed by atoms with Crippen molar-refractivity contribution in [2.75, 3.05) is 11.1 Å². The maximum absolute atomic E-state index is 12.3. The minimum atomic E-state index is -0.333. The van der Waals surface area contributed by atoms with Crippen LogP contribution in [-0.2, 0) is 13.6 Å². The van der Waals surface area contributed by atoms with Crippen LogP contribution >= 0.6 is 0 Å². The van der Waals surface area contributed by atoms with E-state index in [1.54, 1.807) is 0 Å². The predicted octanol–water partition coefficient (Wildman–Crippen LogP) is 1.67. The van der Waals surface area contributed by atoms with Crippen LogP contribution in [0, 0.1) is 0 Å². The van der Waals surface area contributed by atoms with Crippen molar-refractivity contribution in [2.45, 2.75) is 64.5 Å². The van der Waals surface area contributed by atoms with Crippen LogP contribution in [0.5, 0.6) is 0 Å². The van der Waals surface area contributed by atoms with Crippen LogP contribution in [0.15, 0.2) is 9.59 Å². The Morgan fingerprint density at radius 2 is 1.90 bits per heavy atom. The number of nitrogens with two attached hydrogens (primary N) is 1. The fourth-order valence-electron chi connectivity index (χ4n) is 2.90. The van der Waals surface area contributed by atoms with E-state index in [9.17, 15) is 9.59 Å². The second-order valence-corrected chi connectivity index (χ2v) is 5.89. The molecule has 0 radical (unpaired) electrons. The lowest BCUT2D eigenvalue weighted by Crippen LogP contribution is -2.42. The molecule has 1 aliphatic rings. The summed E-state index contributed by atoms with van der Waals surface area (Å²) in [6.45, 7) is 2.61. The monoisotopic (exact) mass is 294 g/mol. The number of nitrogens with zero attached hydrogens (tertiary/aromatic N) is 2. The molecular weight excluding hydrogens is 268 g/mol. The quantitative estimate of drug-likeness (QED) is 0.865. The van der Waals surface area contributed by atoms with Crippen LogP contribution in [0.25, 0.3) is 0 Å². The number of aromatic nitrogens is 2. The molecule has 1 fully saturated rings. The highest BCUT2D eigenvalue weighted by atomic mass is 16.2. The average molecular weight is 294 g/mol. The van der Waals surface area contributed by atoms with Crippen LogP contribution in [0.1, 0.15) is 51.9 Å². The van der Waals surface area contributed by atoms with Crippen molar-refractivity contribution >= 4 is 11.5 Å². The van der Waals surface area contributed by atoms with Gasteiger partial charge in [0.1, 0.15) is 11.5 Å².